The van der Waals surface area contributed by atoms with E-state index in [4.69, 9.17) is 0 Å². The van der Waals surface area contributed by atoms with Crippen LogP contribution in [0.5, 0.6) is 0 Å². The van der Waals surface area contributed by atoms with Gasteiger partial charge in [-0.1, -0.05) is 19.3 Å². The Morgan fingerprint density at radius 2 is 1.94 bits per heavy atom. The quantitative estimate of drug-likeness (QED) is 0.701. The Balaban J connectivity index is 1.73. The van der Waals surface area contributed by atoms with E-state index in [0.29, 0.717) is 0 Å². The molecular formula is C13H18FN3. The van der Waals surface area contributed by atoms with Gasteiger partial charge in [0.1, 0.15) is 12.1 Å². The Morgan fingerprint density at radius 3 is 2.76 bits per heavy atom. The second-order valence-corrected chi connectivity index (χ2v) is 5.24. The van der Waals surface area contributed by atoms with E-state index in [2.05, 4.69) is 14.9 Å². The van der Waals surface area contributed by atoms with Crippen molar-refractivity contribution in [1.29, 1.82) is 0 Å². The largest absolute Gasteiger partial charge is 0.356 e. The van der Waals surface area contributed by atoms with Gasteiger partial charge < -0.3 is 4.90 Å². The van der Waals surface area contributed by atoms with Crippen LogP contribution in [0.3, 0.4) is 0 Å². The zero-order chi connectivity index (χ0) is 11.7. The fourth-order valence-corrected chi connectivity index (χ4v) is 3.31. The molecule has 1 aliphatic heterocycles. The molecule has 0 radical (unpaired) electrons. The minimum Gasteiger partial charge on any atom is -0.356 e. The highest BCUT2D eigenvalue weighted by Gasteiger charge is 2.31. The van der Waals surface area contributed by atoms with E-state index < -0.39 is 5.95 Å². The predicted molar refractivity (Wildman–Crippen MR) is 64.3 cm³/mol. The highest BCUT2D eigenvalue weighted by Crippen LogP contribution is 2.36. The highest BCUT2D eigenvalue weighted by atomic mass is 19.1. The summed E-state index contributed by atoms with van der Waals surface area (Å²) in [4.78, 5) is 9.91. The molecule has 92 valence electrons. The second-order valence-electron chi connectivity index (χ2n) is 5.24. The minimum absolute atomic E-state index is 0.430. The molecule has 0 bridgehead atoms. The molecular weight excluding hydrogens is 217 g/mol. The first-order valence-corrected chi connectivity index (χ1v) is 6.55. The molecule has 2 unspecified atom stereocenters. The number of nitrogens with zero attached hydrogens (tertiary/aromatic N) is 3. The Kier molecular flexibility index (Phi) is 2.95. The highest BCUT2D eigenvalue weighted by molar-refractivity contribution is 5.37. The van der Waals surface area contributed by atoms with Gasteiger partial charge in [0.2, 0.25) is 5.95 Å². The molecule has 1 saturated heterocycles. The average molecular weight is 235 g/mol. The molecule has 1 aromatic rings. The number of hydrogen-bond donors (Lipinski definition) is 0. The minimum atomic E-state index is -0.430. The topological polar surface area (TPSA) is 29.0 Å². The van der Waals surface area contributed by atoms with Crippen LogP contribution in [-0.2, 0) is 0 Å². The molecule has 2 heterocycles. The van der Waals surface area contributed by atoms with Gasteiger partial charge in [-0.2, -0.15) is 4.39 Å². The number of rotatable bonds is 1. The number of piperidine rings is 1. The van der Waals surface area contributed by atoms with Gasteiger partial charge in [-0.05, 0) is 24.7 Å². The number of halogens is 1. The number of fused-ring (bicyclic) bond motifs is 1. The lowest BCUT2D eigenvalue weighted by Crippen LogP contribution is -2.42. The number of aromatic nitrogens is 2. The summed E-state index contributed by atoms with van der Waals surface area (Å²) in [5.41, 5.74) is 0. The van der Waals surface area contributed by atoms with Gasteiger partial charge in [0.25, 0.3) is 0 Å². The molecule has 1 aromatic heterocycles. The van der Waals surface area contributed by atoms with E-state index in [1.54, 1.807) is 0 Å². The van der Waals surface area contributed by atoms with Crippen LogP contribution < -0.4 is 4.90 Å². The summed E-state index contributed by atoms with van der Waals surface area (Å²) in [5.74, 6) is 2.00. The van der Waals surface area contributed by atoms with Crippen LogP contribution in [-0.4, -0.2) is 23.1 Å². The first-order valence-electron chi connectivity index (χ1n) is 6.55. The molecule has 0 N–H and O–H groups in total. The van der Waals surface area contributed by atoms with Crippen LogP contribution in [0, 0.1) is 17.8 Å². The molecule has 17 heavy (non-hydrogen) atoms. The lowest BCUT2D eigenvalue weighted by molar-refractivity contribution is 0.202. The fraction of sp³-hybridized carbons (Fsp3) is 0.692. The first-order chi connectivity index (χ1) is 8.33. The monoisotopic (exact) mass is 235 g/mol. The van der Waals surface area contributed by atoms with Crippen molar-refractivity contribution in [2.75, 3.05) is 18.0 Å². The van der Waals surface area contributed by atoms with Gasteiger partial charge in [-0.3, -0.25) is 0 Å². The van der Waals surface area contributed by atoms with Gasteiger partial charge >= 0.3 is 0 Å². The summed E-state index contributed by atoms with van der Waals surface area (Å²) in [6.45, 7) is 2.05. The van der Waals surface area contributed by atoms with E-state index in [1.165, 1.54) is 44.5 Å². The molecule has 2 atom stereocenters. The standard InChI is InChI=1S/C13H18FN3/c14-12-7-13(16-9-15-12)17-6-5-10-3-1-2-4-11(10)8-17/h7,9-11H,1-6,8H2. The average Bonchev–Trinajstić information content (AvgIpc) is 2.38. The predicted octanol–water partition coefficient (Wildman–Crippen LogP) is 2.63. The van der Waals surface area contributed by atoms with Crippen LogP contribution in [0.1, 0.15) is 32.1 Å². The zero-order valence-electron chi connectivity index (χ0n) is 9.98. The van der Waals surface area contributed by atoms with Gasteiger partial charge in [-0.25, -0.2) is 9.97 Å². The van der Waals surface area contributed by atoms with Crippen molar-refractivity contribution in [1.82, 2.24) is 9.97 Å². The third-order valence-corrected chi connectivity index (χ3v) is 4.23. The third-order valence-electron chi connectivity index (χ3n) is 4.23. The van der Waals surface area contributed by atoms with E-state index in [1.807, 2.05) is 0 Å². The summed E-state index contributed by atoms with van der Waals surface area (Å²) < 4.78 is 13.1. The maximum atomic E-state index is 13.1. The molecule has 0 amide bonds. The maximum Gasteiger partial charge on any atom is 0.218 e. The van der Waals surface area contributed by atoms with Crippen LogP contribution in [0.4, 0.5) is 10.2 Å². The van der Waals surface area contributed by atoms with Crippen molar-refractivity contribution in [3.05, 3.63) is 18.3 Å². The smallest absolute Gasteiger partial charge is 0.218 e. The molecule has 4 heteroatoms. The molecule has 0 aromatic carbocycles. The van der Waals surface area contributed by atoms with Crippen molar-refractivity contribution < 1.29 is 4.39 Å². The van der Waals surface area contributed by atoms with Crippen molar-refractivity contribution in [3.8, 4) is 0 Å². The summed E-state index contributed by atoms with van der Waals surface area (Å²) in [7, 11) is 0. The van der Waals surface area contributed by atoms with E-state index in [0.717, 1.165) is 30.7 Å². The molecule has 3 rings (SSSR count). The Bertz CT molecular complexity index is 396. The van der Waals surface area contributed by atoms with Crippen LogP contribution in [0.15, 0.2) is 12.4 Å². The summed E-state index contributed by atoms with van der Waals surface area (Å²) in [6, 6.07) is 1.45. The Hall–Kier alpha value is -1.19. The van der Waals surface area contributed by atoms with Crippen molar-refractivity contribution in [2.45, 2.75) is 32.1 Å². The summed E-state index contributed by atoms with van der Waals surface area (Å²) >= 11 is 0. The van der Waals surface area contributed by atoms with Crippen LogP contribution in [0.25, 0.3) is 0 Å². The lowest BCUT2D eigenvalue weighted by atomic mass is 9.75. The molecule has 0 spiro atoms. The number of hydrogen-bond acceptors (Lipinski definition) is 3. The van der Waals surface area contributed by atoms with E-state index in [9.17, 15) is 4.39 Å². The van der Waals surface area contributed by atoms with Gasteiger partial charge in [0.15, 0.2) is 0 Å². The van der Waals surface area contributed by atoms with Crippen LogP contribution in [0.2, 0.25) is 0 Å². The molecule has 2 aliphatic rings. The van der Waals surface area contributed by atoms with Gasteiger partial charge in [0, 0.05) is 19.2 Å². The van der Waals surface area contributed by atoms with Crippen molar-refractivity contribution in [3.63, 3.8) is 0 Å². The summed E-state index contributed by atoms with van der Waals surface area (Å²) in [6.07, 6.45) is 8.01. The third kappa shape index (κ3) is 2.26. The lowest BCUT2D eigenvalue weighted by Gasteiger charge is -2.41. The maximum absolute atomic E-state index is 13.1. The van der Waals surface area contributed by atoms with Crippen LogP contribution >= 0.6 is 0 Å². The Labute approximate surface area is 101 Å². The van der Waals surface area contributed by atoms with E-state index >= 15 is 0 Å². The molecule has 3 nitrogen and oxygen atoms in total. The Morgan fingerprint density at radius 1 is 1.12 bits per heavy atom. The second kappa shape index (κ2) is 4.59. The molecule has 1 aliphatic carbocycles. The van der Waals surface area contributed by atoms with Gasteiger partial charge in [0.05, 0.1) is 0 Å². The normalized spacial score (nSPS) is 28.9. The first kappa shape index (κ1) is 10.9. The molecule has 2 fully saturated rings. The van der Waals surface area contributed by atoms with E-state index in [-0.39, 0.29) is 0 Å². The molecule has 1 saturated carbocycles. The fourth-order valence-electron chi connectivity index (χ4n) is 3.31. The van der Waals surface area contributed by atoms with Gasteiger partial charge in [-0.15, -0.1) is 0 Å². The number of anilines is 1. The SMILES string of the molecule is Fc1cc(N2CCC3CCCCC3C2)ncn1. The zero-order valence-corrected chi connectivity index (χ0v) is 9.98. The summed E-state index contributed by atoms with van der Waals surface area (Å²) in [5, 5.41) is 0. The van der Waals surface area contributed by atoms with Crippen molar-refractivity contribution >= 4 is 5.82 Å². The van der Waals surface area contributed by atoms with Crippen molar-refractivity contribution in [2.24, 2.45) is 11.8 Å².